The van der Waals surface area contributed by atoms with Gasteiger partial charge in [-0.3, -0.25) is 14.5 Å². The molecule has 100 valence electrons. The molecule has 0 spiro atoms. The van der Waals surface area contributed by atoms with Gasteiger partial charge >= 0.3 is 5.97 Å². The standard InChI is InChI=1S/C13H13NO5/c15-10(13(18)19)5-6-14-11(16)7-8-3-1-2-4-9(8)12(14)17/h1-4,10,15H,5-7H2,(H,18,19). The second-order valence-corrected chi connectivity index (χ2v) is 4.33. The molecule has 0 saturated heterocycles. The molecule has 1 aliphatic heterocycles. The third-order valence-corrected chi connectivity index (χ3v) is 3.05. The SMILES string of the molecule is O=C(O)C(O)CCN1C(=O)Cc2ccccc2C1=O. The summed E-state index contributed by atoms with van der Waals surface area (Å²) in [6, 6.07) is 6.80. The van der Waals surface area contributed by atoms with Crippen LogP contribution in [0, 0.1) is 0 Å². The highest BCUT2D eigenvalue weighted by molar-refractivity contribution is 6.09. The summed E-state index contributed by atoms with van der Waals surface area (Å²) in [4.78, 5) is 35.4. The summed E-state index contributed by atoms with van der Waals surface area (Å²) in [5, 5.41) is 17.7. The third kappa shape index (κ3) is 2.63. The van der Waals surface area contributed by atoms with E-state index in [4.69, 9.17) is 5.11 Å². The van der Waals surface area contributed by atoms with Crippen LogP contribution in [-0.2, 0) is 16.0 Å². The van der Waals surface area contributed by atoms with Crippen molar-refractivity contribution in [2.24, 2.45) is 0 Å². The maximum atomic E-state index is 12.1. The summed E-state index contributed by atoms with van der Waals surface area (Å²) >= 11 is 0. The minimum atomic E-state index is -1.57. The Hall–Kier alpha value is -2.21. The van der Waals surface area contributed by atoms with Gasteiger partial charge in [0.25, 0.3) is 5.91 Å². The number of rotatable bonds is 4. The van der Waals surface area contributed by atoms with E-state index in [1.807, 2.05) is 0 Å². The van der Waals surface area contributed by atoms with Crippen molar-refractivity contribution in [3.8, 4) is 0 Å². The van der Waals surface area contributed by atoms with Gasteiger partial charge in [0.15, 0.2) is 6.10 Å². The molecule has 0 aliphatic carbocycles. The Morgan fingerprint density at radius 1 is 1.32 bits per heavy atom. The quantitative estimate of drug-likeness (QED) is 0.748. The van der Waals surface area contributed by atoms with Gasteiger partial charge in [-0.25, -0.2) is 4.79 Å². The third-order valence-electron chi connectivity index (χ3n) is 3.05. The van der Waals surface area contributed by atoms with Gasteiger partial charge in [-0.2, -0.15) is 0 Å². The molecule has 19 heavy (non-hydrogen) atoms. The van der Waals surface area contributed by atoms with E-state index < -0.39 is 18.0 Å². The number of imide groups is 1. The molecule has 2 rings (SSSR count). The Kier molecular flexibility index (Phi) is 3.62. The molecule has 0 fully saturated rings. The molecular weight excluding hydrogens is 250 g/mol. The van der Waals surface area contributed by atoms with Crippen molar-refractivity contribution in [3.63, 3.8) is 0 Å². The normalized spacial score (nSPS) is 16.2. The number of hydrogen-bond acceptors (Lipinski definition) is 4. The molecule has 1 atom stereocenters. The number of hydrogen-bond donors (Lipinski definition) is 2. The van der Waals surface area contributed by atoms with Crippen molar-refractivity contribution in [2.45, 2.75) is 18.9 Å². The van der Waals surface area contributed by atoms with Gasteiger partial charge in [0, 0.05) is 18.5 Å². The number of amides is 2. The van der Waals surface area contributed by atoms with Crippen LogP contribution in [0.4, 0.5) is 0 Å². The van der Waals surface area contributed by atoms with Gasteiger partial charge in [-0.1, -0.05) is 18.2 Å². The van der Waals surface area contributed by atoms with Gasteiger partial charge in [0.2, 0.25) is 5.91 Å². The number of carboxylic acids is 1. The second-order valence-electron chi connectivity index (χ2n) is 4.33. The topological polar surface area (TPSA) is 94.9 Å². The molecule has 1 aromatic rings. The van der Waals surface area contributed by atoms with Crippen LogP contribution in [0.3, 0.4) is 0 Å². The van der Waals surface area contributed by atoms with Crippen molar-refractivity contribution in [1.29, 1.82) is 0 Å². The number of aliphatic hydroxyl groups is 1. The van der Waals surface area contributed by atoms with E-state index in [0.29, 0.717) is 11.1 Å². The summed E-state index contributed by atoms with van der Waals surface area (Å²) in [7, 11) is 0. The molecule has 0 bridgehead atoms. The Bertz CT molecular complexity index is 540. The Balaban J connectivity index is 2.13. The highest BCUT2D eigenvalue weighted by atomic mass is 16.4. The monoisotopic (exact) mass is 263 g/mol. The smallest absolute Gasteiger partial charge is 0.332 e. The average molecular weight is 263 g/mol. The molecule has 1 unspecified atom stereocenters. The van der Waals surface area contributed by atoms with Gasteiger partial charge < -0.3 is 10.2 Å². The zero-order valence-electron chi connectivity index (χ0n) is 10.1. The molecule has 2 amide bonds. The molecule has 1 aliphatic rings. The van der Waals surface area contributed by atoms with Gasteiger partial charge in [0.05, 0.1) is 6.42 Å². The first-order valence-corrected chi connectivity index (χ1v) is 5.84. The van der Waals surface area contributed by atoms with Crippen LogP contribution in [0.1, 0.15) is 22.3 Å². The zero-order chi connectivity index (χ0) is 14.0. The van der Waals surface area contributed by atoms with E-state index in [1.165, 1.54) is 0 Å². The fourth-order valence-corrected chi connectivity index (χ4v) is 2.00. The van der Waals surface area contributed by atoms with E-state index in [0.717, 1.165) is 4.90 Å². The lowest BCUT2D eigenvalue weighted by atomic mass is 9.98. The number of carbonyl (C=O) groups is 3. The van der Waals surface area contributed by atoms with Crippen molar-refractivity contribution in [3.05, 3.63) is 35.4 Å². The fraction of sp³-hybridized carbons (Fsp3) is 0.308. The molecule has 0 radical (unpaired) electrons. The van der Waals surface area contributed by atoms with E-state index >= 15 is 0 Å². The number of aliphatic hydroxyl groups excluding tert-OH is 1. The molecule has 1 heterocycles. The minimum absolute atomic E-state index is 0.0978. The maximum Gasteiger partial charge on any atom is 0.332 e. The van der Waals surface area contributed by atoms with Crippen LogP contribution in [-0.4, -0.2) is 45.5 Å². The van der Waals surface area contributed by atoms with Crippen LogP contribution < -0.4 is 0 Å². The maximum absolute atomic E-state index is 12.1. The molecule has 0 aromatic heterocycles. The molecular formula is C13H13NO5. The molecule has 6 heteroatoms. The van der Waals surface area contributed by atoms with Crippen LogP contribution in [0.25, 0.3) is 0 Å². The summed E-state index contributed by atoms with van der Waals surface area (Å²) < 4.78 is 0. The highest BCUT2D eigenvalue weighted by Gasteiger charge is 2.31. The first-order valence-electron chi connectivity index (χ1n) is 5.84. The number of nitrogens with zero attached hydrogens (tertiary/aromatic N) is 1. The molecule has 0 saturated carbocycles. The average Bonchev–Trinajstić information content (AvgIpc) is 2.38. The predicted octanol–water partition coefficient (Wildman–Crippen LogP) is 0.0471. The van der Waals surface area contributed by atoms with Crippen LogP contribution in [0.2, 0.25) is 0 Å². The lowest BCUT2D eigenvalue weighted by molar-refractivity contribution is -0.147. The number of aliphatic carboxylic acids is 1. The molecule has 2 N–H and O–H groups in total. The highest BCUT2D eigenvalue weighted by Crippen LogP contribution is 2.19. The Morgan fingerprint density at radius 3 is 2.68 bits per heavy atom. The fourth-order valence-electron chi connectivity index (χ4n) is 2.00. The lowest BCUT2D eigenvalue weighted by Crippen LogP contribution is -2.44. The summed E-state index contributed by atoms with van der Waals surface area (Å²) in [5.74, 6) is -2.18. The van der Waals surface area contributed by atoms with Crippen LogP contribution in [0.5, 0.6) is 0 Å². The molecule has 1 aromatic carbocycles. The van der Waals surface area contributed by atoms with Crippen molar-refractivity contribution in [2.75, 3.05) is 6.54 Å². The first-order chi connectivity index (χ1) is 9.00. The van der Waals surface area contributed by atoms with E-state index in [9.17, 15) is 19.5 Å². The number of carboxylic acid groups (broad SMARTS) is 1. The summed E-state index contributed by atoms with van der Waals surface area (Å²) in [5.41, 5.74) is 1.12. The van der Waals surface area contributed by atoms with Gasteiger partial charge in [-0.05, 0) is 11.6 Å². The number of fused-ring (bicyclic) bond motifs is 1. The van der Waals surface area contributed by atoms with Crippen LogP contribution in [0.15, 0.2) is 24.3 Å². The Labute approximate surface area is 109 Å². The number of carbonyl (C=O) groups excluding carboxylic acids is 2. The van der Waals surface area contributed by atoms with Crippen molar-refractivity contribution >= 4 is 17.8 Å². The van der Waals surface area contributed by atoms with E-state index in [-0.39, 0.29) is 25.3 Å². The van der Waals surface area contributed by atoms with Gasteiger partial charge in [-0.15, -0.1) is 0 Å². The summed E-state index contributed by atoms with van der Waals surface area (Å²) in [6.07, 6.45) is -1.63. The van der Waals surface area contributed by atoms with E-state index in [2.05, 4.69) is 0 Å². The largest absolute Gasteiger partial charge is 0.479 e. The minimum Gasteiger partial charge on any atom is -0.479 e. The first kappa shape index (κ1) is 13.2. The number of benzene rings is 1. The van der Waals surface area contributed by atoms with E-state index in [1.54, 1.807) is 24.3 Å². The van der Waals surface area contributed by atoms with Crippen LogP contribution >= 0.6 is 0 Å². The van der Waals surface area contributed by atoms with Crippen molar-refractivity contribution in [1.82, 2.24) is 4.90 Å². The zero-order valence-corrected chi connectivity index (χ0v) is 10.1. The second kappa shape index (κ2) is 5.19. The lowest BCUT2D eigenvalue weighted by Gasteiger charge is -2.27. The Morgan fingerprint density at radius 2 is 2.00 bits per heavy atom. The summed E-state index contributed by atoms with van der Waals surface area (Å²) in [6.45, 7) is -0.0978. The predicted molar refractivity (Wildman–Crippen MR) is 64.4 cm³/mol. The molecule has 6 nitrogen and oxygen atoms in total. The van der Waals surface area contributed by atoms with Gasteiger partial charge in [0.1, 0.15) is 0 Å². The van der Waals surface area contributed by atoms with Crippen molar-refractivity contribution < 1.29 is 24.6 Å².